The van der Waals surface area contributed by atoms with Crippen LogP contribution in [-0.4, -0.2) is 43.8 Å². The van der Waals surface area contributed by atoms with Crippen molar-refractivity contribution in [3.05, 3.63) is 58.1 Å². The number of nitrogens with one attached hydrogen (secondary N) is 1. The Morgan fingerprint density at radius 1 is 1.13 bits per heavy atom. The summed E-state index contributed by atoms with van der Waals surface area (Å²) in [5.74, 6) is 0.302. The second kappa shape index (κ2) is 9.03. The van der Waals surface area contributed by atoms with E-state index in [1.807, 2.05) is 13.8 Å². The van der Waals surface area contributed by atoms with Crippen molar-refractivity contribution in [1.82, 2.24) is 4.31 Å². The normalized spacial score (nSPS) is 19.6. The van der Waals surface area contributed by atoms with Gasteiger partial charge in [0.1, 0.15) is 5.75 Å². The minimum Gasteiger partial charge on any atom is -0.495 e. The SMILES string of the molecule is COc1ccc([N+](=O)[O-])cc1NC(=O)c1ccc(S(=O)(=O)N2C[C@@H](C)C[C@H](C)C2)cc1. The minimum atomic E-state index is -3.65. The van der Waals surface area contributed by atoms with Gasteiger partial charge in [0, 0.05) is 30.8 Å². The second-order valence-corrected chi connectivity index (χ2v) is 9.83. The number of amides is 1. The van der Waals surface area contributed by atoms with Gasteiger partial charge >= 0.3 is 0 Å². The van der Waals surface area contributed by atoms with Crippen molar-refractivity contribution in [2.24, 2.45) is 11.8 Å². The molecule has 2 aromatic carbocycles. The number of carbonyl (C=O) groups excluding carboxylic acids is 1. The quantitative estimate of drug-likeness (QED) is 0.535. The van der Waals surface area contributed by atoms with Gasteiger partial charge in [-0.05, 0) is 48.6 Å². The Morgan fingerprint density at radius 2 is 1.74 bits per heavy atom. The second-order valence-electron chi connectivity index (χ2n) is 7.89. The van der Waals surface area contributed by atoms with Gasteiger partial charge in [0.25, 0.3) is 11.6 Å². The van der Waals surface area contributed by atoms with Crippen LogP contribution in [0.5, 0.6) is 5.75 Å². The maximum Gasteiger partial charge on any atom is 0.271 e. The fourth-order valence-electron chi connectivity index (χ4n) is 3.83. The Balaban J connectivity index is 1.79. The predicted molar refractivity (Wildman–Crippen MR) is 116 cm³/mol. The van der Waals surface area contributed by atoms with Crippen LogP contribution in [0.1, 0.15) is 30.6 Å². The molecule has 2 aromatic rings. The van der Waals surface area contributed by atoms with Crippen LogP contribution in [0.4, 0.5) is 11.4 Å². The number of carbonyl (C=O) groups is 1. The van der Waals surface area contributed by atoms with E-state index < -0.39 is 20.9 Å². The molecule has 1 N–H and O–H groups in total. The molecule has 1 aliphatic heterocycles. The number of methoxy groups -OCH3 is 1. The van der Waals surface area contributed by atoms with Gasteiger partial charge in [-0.3, -0.25) is 14.9 Å². The molecule has 1 saturated heterocycles. The average molecular weight is 448 g/mol. The first-order valence-corrected chi connectivity index (χ1v) is 11.3. The number of non-ortho nitro benzene ring substituents is 1. The zero-order valence-corrected chi connectivity index (χ0v) is 18.4. The first kappa shape index (κ1) is 22.7. The van der Waals surface area contributed by atoms with E-state index in [2.05, 4.69) is 5.32 Å². The zero-order chi connectivity index (χ0) is 22.8. The van der Waals surface area contributed by atoms with Gasteiger partial charge in [0.05, 0.1) is 22.6 Å². The average Bonchev–Trinajstić information content (AvgIpc) is 2.73. The molecule has 1 amide bonds. The fourth-order valence-corrected chi connectivity index (χ4v) is 5.51. The first-order chi connectivity index (χ1) is 14.6. The number of sulfonamides is 1. The smallest absolute Gasteiger partial charge is 0.271 e. The summed E-state index contributed by atoms with van der Waals surface area (Å²) in [4.78, 5) is 23.2. The molecule has 1 heterocycles. The number of benzene rings is 2. The van der Waals surface area contributed by atoms with E-state index in [4.69, 9.17) is 4.74 Å². The Morgan fingerprint density at radius 3 is 2.29 bits per heavy atom. The zero-order valence-electron chi connectivity index (χ0n) is 17.6. The lowest BCUT2D eigenvalue weighted by atomic mass is 9.94. The van der Waals surface area contributed by atoms with E-state index in [1.54, 1.807) is 0 Å². The van der Waals surface area contributed by atoms with Crippen molar-refractivity contribution in [1.29, 1.82) is 0 Å². The maximum absolute atomic E-state index is 13.0. The van der Waals surface area contributed by atoms with Crippen LogP contribution >= 0.6 is 0 Å². The number of nitro groups is 1. The van der Waals surface area contributed by atoms with E-state index in [9.17, 15) is 23.3 Å². The highest BCUT2D eigenvalue weighted by atomic mass is 32.2. The van der Waals surface area contributed by atoms with Crippen molar-refractivity contribution in [2.45, 2.75) is 25.2 Å². The molecule has 1 aliphatic rings. The van der Waals surface area contributed by atoms with E-state index >= 15 is 0 Å². The summed E-state index contributed by atoms with van der Waals surface area (Å²) in [6.07, 6.45) is 0.992. The van der Waals surface area contributed by atoms with Crippen molar-refractivity contribution in [3.8, 4) is 5.75 Å². The molecule has 31 heavy (non-hydrogen) atoms. The molecule has 0 bridgehead atoms. The van der Waals surface area contributed by atoms with Crippen LogP contribution in [0.25, 0.3) is 0 Å². The highest BCUT2D eigenvalue weighted by Gasteiger charge is 2.31. The van der Waals surface area contributed by atoms with E-state index in [0.717, 1.165) is 6.42 Å². The van der Waals surface area contributed by atoms with Crippen LogP contribution in [0.15, 0.2) is 47.4 Å². The summed E-state index contributed by atoms with van der Waals surface area (Å²) in [5, 5.41) is 13.6. The van der Waals surface area contributed by atoms with Crippen molar-refractivity contribution < 1.29 is 22.9 Å². The van der Waals surface area contributed by atoms with Gasteiger partial charge in [-0.2, -0.15) is 4.31 Å². The molecule has 0 unspecified atom stereocenters. The lowest BCUT2D eigenvalue weighted by Crippen LogP contribution is -2.42. The molecule has 0 spiro atoms. The van der Waals surface area contributed by atoms with Gasteiger partial charge in [0.2, 0.25) is 10.0 Å². The van der Waals surface area contributed by atoms with Crippen molar-refractivity contribution in [3.63, 3.8) is 0 Å². The van der Waals surface area contributed by atoms with E-state index in [1.165, 1.54) is 53.9 Å². The molecule has 1 fully saturated rings. The summed E-state index contributed by atoms with van der Waals surface area (Å²) in [6, 6.07) is 9.51. The third-order valence-electron chi connectivity index (χ3n) is 5.23. The van der Waals surface area contributed by atoms with Crippen LogP contribution in [0.2, 0.25) is 0 Å². The lowest BCUT2D eigenvalue weighted by Gasteiger charge is -2.34. The predicted octanol–water partition coefficient (Wildman–Crippen LogP) is 3.52. The standard InChI is InChI=1S/C21H25N3O6S/c1-14-10-15(2)13-23(12-14)31(28,29)18-7-4-16(5-8-18)21(25)22-19-11-17(24(26)27)6-9-20(19)30-3/h4-9,11,14-15H,10,12-13H2,1-3H3,(H,22,25)/t14-,15-/m0/s1. The Kier molecular flexibility index (Phi) is 6.61. The van der Waals surface area contributed by atoms with Gasteiger partial charge in [-0.25, -0.2) is 8.42 Å². The largest absolute Gasteiger partial charge is 0.495 e. The van der Waals surface area contributed by atoms with Crippen molar-refractivity contribution >= 4 is 27.3 Å². The highest BCUT2D eigenvalue weighted by Crippen LogP contribution is 2.30. The molecule has 0 saturated carbocycles. The van der Waals surface area contributed by atoms with Gasteiger partial charge in [-0.1, -0.05) is 13.8 Å². The number of hydrogen-bond acceptors (Lipinski definition) is 6. The number of nitro benzene ring substituents is 1. The van der Waals surface area contributed by atoms with Gasteiger partial charge < -0.3 is 10.1 Å². The number of rotatable bonds is 6. The molecule has 0 aliphatic carbocycles. The van der Waals surface area contributed by atoms with Crippen molar-refractivity contribution in [2.75, 3.05) is 25.5 Å². The molecule has 10 heteroatoms. The Bertz CT molecular complexity index is 1070. The number of anilines is 1. The molecular weight excluding hydrogens is 422 g/mol. The summed E-state index contributed by atoms with van der Waals surface area (Å²) in [5.41, 5.74) is 0.171. The lowest BCUT2D eigenvalue weighted by molar-refractivity contribution is -0.384. The van der Waals surface area contributed by atoms with Crippen LogP contribution in [0, 0.1) is 22.0 Å². The van der Waals surface area contributed by atoms with Crippen LogP contribution < -0.4 is 10.1 Å². The third kappa shape index (κ3) is 5.02. The number of piperidine rings is 1. The summed E-state index contributed by atoms with van der Waals surface area (Å²) >= 11 is 0. The number of nitrogens with zero attached hydrogens (tertiary/aromatic N) is 2. The minimum absolute atomic E-state index is 0.123. The fraction of sp³-hybridized carbons (Fsp3) is 0.381. The monoisotopic (exact) mass is 447 g/mol. The summed E-state index contributed by atoms with van der Waals surface area (Å²) in [6.45, 7) is 5.02. The Hall–Kier alpha value is -2.98. The summed E-state index contributed by atoms with van der Waals surface area (Å²) in [7, 11) is -2.26. The number of ether oxygens (including phenoxy) is 1. The van der Waals surface area contributed by atoms with E-state index in [0.29, 0.717) is 13.1 Å². The molecule has 166 valence electrons. The molecule has 0 aromatic heterocycles. The van der Waals surface area contributed by atoms with E-state index in [-0.39, 0.29) is 39.4 Å². The highest BCUT2D eigenvalue weighted by molar-refractivity contribution is 7.89. The molecule has 3 rings (SSSR count). The van der Waals surface area contributed by atoms with Crippen LogP contribution in [-0.2, 0) is 10.0 Å². The molecular formula is C21H25N3O6S. The third-order valence-corrected chi connectivity index (χ3v) is 7.08. The topological polar surface area (TPSA) is 119 Å². The first-order valence-electron chi connectivity index (χ1n) is 9.85. The van der Waals surface area contributed by atoms with Gasteiger partial charge in [0.15, 0.2) is 0 Å². The molecule has 9 nitrogen and oxygen atoms in total. The Labute approximate surface area is 181 Å². The molecule has 0 radical (unpaired) electrons. The number of hydrogen-bond donors (Lipinski definition) is 1. The summed E-state index contributed by atoms with van der Waals surface area (Å²) < 4.78 is 32.6. The van der Waals surface area contributed by atoms with Crippen LogP contribution in [0.3, 0.4) is 0 Å². The molecule has 2 atom stereocenters. The van der Waals surface area contributed by atoms with Gasteiger partial charge in [-0.15, -0.1) is 0 Å². The maximum atomic E-state index is 13.0.